The summed E-state index contributed by atoms with van der Waals surface area (Å²) in [6, 6.07) is 15.1. The van der Waals surface area contributed by atoms with Crippen molar-refractivity contribution < 1.29 is 17.1 Å². The molecule has 3 rings (SSSR count). The van der Waals surface area contributed by atoms with Gasteiger partial charge < -0.3 is 15.8 Å². The highest BCUT2D eigenvalue weighted by molar-refractivity contribution is 6.04. The fourth-order valence-electron chi connectivity index (χ4n) is 3.06. The monoisotopic (exact) mass is 434 g/mol. The van der Waals surface area contributed by atoms with Gasteiger partial charge in [-0.3, -0.25) is 19.5 Å². The Kier molecular flexibility index (Phi) is 6.99. The molecule has 0 atom stereocenters. The number of benzene rings is 2. The first-order valence-corrected chi connectivity index (χ1v) is 10.4. The Bertz CT molecular complexity index is 1150. The number of nitrogens with two attached hydrogens (primary N) is 1. The van der Waals surface area contributed by atoms with Crippen LogP contribution in [0.2, 0.25) is 0 Å². The van der Waals surface area contributed by atoms with Gasteiger partial charge in [0, 0.05) is 24.0 Å². The van der Waals surface area contributed by atoms with Crippen LogP contribution in [-0.4, -0.2) is 34.8 Å². The van der Waals surface area contributed by atoms with Crippen LogP contribution in [0, 0.1) is 0 Å². The lowest BCUT2D eigenvalue weighted by molar-refractivity contribution is 0.0997. The highest BCUT2D eigenvalue weighted by Gasteiger charge is 2.09. The second-order valence-corrected chi connectivity index (χ2v) is 7.17. The summed E-state index contributed by atoms with van der Waals surface area (Å²) < 4.78 is 22.1. The van der Waals surface area contributed by atoms with Crippen LogP contribution >= 0.6 is 0 Å². The molecule has 0 unspecified atom stereocenters. The number of rotatable bonds is 10. The lowest BCUT2D eigenvalue weighted by atomic mass is 10.1. The number of amides is 2. The molecule has 0 bridgehead atoms. The third-order valence-electron chi connectivity index (χ3n) is 4.92. The molecule has 2 aromatic carbocycles. The zero-order valence-corrected chi connectivity index (χ0v) is 18.2. The molecule has 3 aromatic rings. The van der Waals surface area contributed by atoms with Crippen LogP contribution < -0.4 is 15.8 Å². The van der Waals surface area contributed by atoms with Gasteiger partial charge in [-0.05, 0) is 54.5 Å². The first-order chi connectivity index (χ1) is 16.2. The molecule has 32 heavy (non-hydrogen) atoms. The predicted octanol–water partition coefficient (Wildman–Crippen LogP) is 3.85. The third kappa shape index (κ3) is 6.39. The first kappa shape index (κ1) is 20.2. The van der Waals surface area contributed by atoms with E-state index >= 15 is 0 Å². The van der Waals surface area contributed by atoms with Crippen molar-refractivity contribution in [3.8, 4) is 5.75 Å². The van der Waals surface area contributed by atoms with Gasteiger partial charge in [0.1, 0.15) is 12.3 Å². The van der Waals surface area contributed by atoms with Gasteiger partial charge in [0.05, 0.1) is 14.5 Å². The molecular formula is C25H28N4O3. The van der Waals surface area contributed by atoms with Crippen LogP contribution in [-0.2, 0) is 13.1 Å². The van der Waals surface area contributed by atoms with Gasteiger partial charge in [0.25, 0.3) is 5.91 Å². The van der Waals surface area contributed by atoms with E-state index in [0.717, 1.165) is 25.2 Å². The number of carbonyl (C=O) groups excluding carboxylic acids is 2. The zero-order chi connectivity index (χ0) is 24.7. The summed E-state index contributed by atoms with van der Waals surface area (Å²) in [5.41, 5.74) is 7.59. The Labute approximate surface area is 191 Å². The molecule has 1 aromatic heterocycles. The number of primary amides is 1. The number of pyridine rings is 1. The fraction of sp³-hybridized carbons (Fsp3) is 0.240. The van der Waals surface area contributed by atoms with Gasteiger partial charge in [-0.25, -0.2) is 0 Å². The summed E-state index contributed by atoms with van der Waals surface area (Å²) in [5.74, 6) is -0.934. The average Bonchev–Trinajstić information content (AvgIpc) is 2.83. The predicted molar refractivity (Wildman–Crippen MR) is 125 cm³/mol. The fourth-order valence-corrected chi connectivity index (χ4v) is 3.06. The SMILES string of the molecule is [2H]C([2H])(Oc1cncc(C(N)=O)c1)c1cccc(NC(=O)c2ccc(CN(CC)CC)cc2)c1. The highest BCUT2D eigenvalue weighted by Crippen LogP contribution is 2.17. The summed E-state index contributed by atoms with van der Waals surface area (Å²) in [4.78, 5) is 30.2. The van der Waals surface area contributed by atoms with E-state index in [9.17, 15) is 9.59 Å². The van der Waals surface area contributed by atoms with Crippen molar-refractivity contribution >= 4 is 17.5 Å². The van der Waals surface area contributed by atoms with Crippen LogP contribution in [0.25, 0.3) is 0 Å². The summed E-state index contributed by atoms with van der Waals surface area (Å²) in [6.07, 6.45) is 2.57. The van der Waals surface area contributed by atoms with Gasteiger partial charge >= 0.3 is 0 Å². The van der Waals surface area contributed by atoms with Gasteiger partial charge in [-0.1, -0.05) is 38.1 Å². The average molecular weight is 435 g/mol. The number of hydrogen-bond donors (Lipinski definition) is 2. The smallest absolute Gasteiger partial charge is 0.255 e. The minimum Gasteiger partial charge on any atom is -0.487 e. The number of aromatic nitrogens is 1. The molecule has 166 valence electrons. The van der Waals surface area contributed by atoms with Crippen LogP contribution in [0.15, 0.2) is 67.0 Å². The molecule has 7 nitrogen and oxygen atoms in total. The van der Waals surface area contributed by atoms with E-state index in [1.807, 2.05) is 12.1 Å². The second-order valence-electron chi connectivity index (χ2n) is 7.17. The molecule has 0 aliphatic heterocycles. The van der Waals surface area contributed by atoms with E-state index < -0.39 is 12.5 Å². The van der Waals surface area contributed by atoms with E-state index in [1.165, 1.54) is 24.5 Å². The van der Waals surface area contributed by atoms with Crippen molar-refractivity contribution in [3.05, 3.63) is 89.2 Å². The van der Waals surface area contributed by atoms with Crippen molar-refractivity contribution in [2.75, 3.05) is 18.4 Å². The number of nitrogens with one attached hydrogen (secondary N) is 1. The second kappa shape index (κ2) is 11.1. The molecule has 1 heterocycles. The van der Waals surface area contributed by atoms with Gasteiger partial charge in [-0.15, -0.1) is 0 Å². The maximum Gasteiger partial charge on any atom is 0.255 e. The van der Waals surface area contributed by atoms with Crippen LogP contribution in [0.1, 0.15) is 48.4 Å². The molecule has 3 N–H and O–H groups in total. The molecule has 0 fully saturated rings. The summed E-state index contributed by atoms with van der Waals surface area (Å²) in [7, 11) is 0. The standard InChI is InChI=1S/C25H28N4O3/c1-3-29(4-2)16-18-8-10-20(11-9-18)25(31)28-22-7-5-6-19(12-22)17-32-23-13-21(24(26)30)14-27-15-23/h5-15H,3-4,16-17H2,1-2H3,(H2,26,30)(H,28,31)/i17D2. The van der Waals surface area contributed by atoms with Crippen molar-refractivity contribution in [3.63, 3.8) is 0 Å². The lowest BCUT2D eigenvalue weighted by Crippen LogP contribution is -2.22. The maximum atomic E-state index is 12.7. The van der Waals surface area contributed by atoms with E-state index in [1.54, 1.807) is 30.3 Å². The summed E-state index contributed by atoms with van der Waals surface area (Å²) in [6.45, 7) is 4.72. The zero-order valence-electron chi connectivity index (χ0n) is 20.2. The van der Waals surface area contributed by atoms with Gasteiger partial charge in [-0.2, -0.15) is 0 Å². The lowest BCUT2D eigenvalue weighted by Gasteiger charge is -2.18. The van der Waals surface area contributed by atoms with Crippen LogP contribution in [0.3, 0.4) is 0 Å². The quantitative estimate of drug-likeness (QED) is 0.505. The minimum absolute atomic E-state index is 0.0561. The van der Waals surface area contributed by atoms with Gasteiger partial charge in [0.2, 0.25) is 5.91 Å². The highest BCUT2D eigenvalue weighted by atomic mass is 16.5. The molecule has 2 amide bonds. The molecule has 0 saturated carbocycles. The van der Waals surface area contributed by atoms with Gasteiger partial charge in [0.15, 0.2) is 0 Å². The van der Waals surface area contributed by atoms with E-state index in [2.05, 4.69) is 29.0 Å². The Morgan fingerprint density at radius 1 is 1.03 bits per heavy atom. The largest absolute Gasteiger partial charge is 0.487 e. The van der Waals surface area contributed by atoms with E-state index in [4.69, 9.17) is 13.2 Å². The normalized spacial score (nSPS) is 12.1. The maximum absolute atomic E-state index is 12.7. The van der Waals surface area contributed by atoms with E-state index in [-0.39, 0.29) is 22.8 Å². The number of ether oxygens (including phenoxy) is 1. The molecule has 0 spiro atoms. The molecule has 0 saturated heterocycles. The Morgan fingerprint density at radius 3 is 2.47 bits per heavy atom. The molecule has 0 radical (unpaired) electrons. The van der Waals surface area contributed by atoms with Crippen LogP contribution in [0.5, 0.6) is 5.75 Å². The van der Waals surface area contributed by atoms with Crippen LogP contribution in [0.4, 0.5) is 5.69 Å². The number of hydrogen-bond acceptors (Lipinski definition) is 5. The van der Waals surface area contributed by atoms with E-state index in [0.29, 0.717) is 11.3 Å². The van der Waals surface area contributed by atoms with Crippen molar-refractivity contribution in [1.82, 2.24) is 9.88 Å². The summed E-state index contributed by atoms with van der Waals surface area (Å²) >= 11 is 0. The summed E-state index contributed by atoms with van der Waals surface area (Å²) in [5, 5.41) is 2.80. The van der Waals surface area contributed by atoms with Crippen molar-refractivity contribution in [2.45, 2.75) is 27.0 Å². The molecule has 0 aliphatic carbocycles. The number of carbonyl (C=O) groups is 2. The minimum atomic E-state index is -2.25. The molecular weight excluding hydrogens is 404 g/mol. The Morgan fingerprint density at radius 2 is 1.78 bits per heavy atom. The molecule has 0 aliphatic rings. The molecule has 7 heteroatoms. The Balaban J connectivity index is 1.70. The van der Waals surface area contributed by atoms with Crippen molar-refractivity contribution in [2.24, 2.45) is 5.73 Å². The Hall–Kier alpha value is -3.71. The number of anilines is 1. The van der Waals surface area contributed by atoms with Crippen molar-refractivity contribution in [1.29, 1.82) is 0 Å². The third-order valence-corrected chi connectivity index (χ3v) is 4.92. The number of nitrogens with zero attached hydrogens (tertiary/aromatic N) is 2. The topological polar surface area (TPSA) is 97.5 Å². The first-order valence-electron chi connectivity index (χ1n) is 11.4.